The number of likely N-dealkylation sites (tertiary alicyclic amines) is 1. The van der Waals surface area contributed by atoms with Crippen molar-refractivity contribution in [2.75, 3.05) is 32.0 Å². The summed E-state index contributed by atoms with van der Waals surface area (Å²) < 4.78 is 0. The second-order valence-electron chi connectivity index (χ2n) is 7.02. The van der Waals surface area contributed by atoms with Crippen molar-refractivity contribution in [1.82, 2.24) is 15.2 Å². The summed E-state index contributed by atoms with van der Waals surface area (Å²) in [5.41, 5.74) is 1.62. The highest BCUT2D eigenvalue weighted by Gasteiger charge is 2.43. The van der Waals surface area contributed by atoms with Crippen LogP contribution in [-0.4, -0.2) is 48.4 Å². The lowest BCUT2D eigenvalue weighted by atomic mass is 9.68. The molecule has 0 aromatic carbocycles. The number of guanidine groups is 1. The zero-order valence-electron chi connectivity index (χ0n) is 15.0. The molecule has 2 aliphatic rings. The summed E-state index contributed by atoms with van der Waals surface area (Å²) in [5, 5.41) is 6.14. The van der Waals surface area contributed by atoms with Gasteiger partial charge in [0.15, 0.2) is 5.96 Å². The first kappa shape index (κ1) is 19.9. The van der Waals surface area contributed by atoms with Gasteiger partial charge in [-0.3, -0.25) is 9.79 Å². The molecule has 1 saturated carbocycles. The van der Waals surface area contributed by atoms with Crippen LogP contribution in [0.2, 0.25) is 0 Å². The summed E-state index contributed by atoms with van der Waals surface area (Å²) in [4.78, 5) is 22.9. The van der Waals surface area contributed by atoms with Crippen molar-refractivity contribution in [3.63, 3.8) is 0 Å². The normalized spacial score (nSPS) is 18.5. The van der Waals surface area contributed by atoms with Crippen LogP contribution in [0.1, 0.15) is 37.7 Å². The third-order valence-electron chi connectivity index (χ3n) is 5.18. The summed E-state index contributed by atoms with van der Waals surface area (Å²) in [6.45, 7) is 4.72. The zero-order chi connectivity index (χ0) is 17.0. The van der Waals surface area contributed by atoms with Gasteiger partial charge in [0.05, 0.1) is 0 Å². The van der Waals surface area contributed by atoms with Crippen molar-refractivity contribution >= 4 is 41.7 Å². The summed E-state index contributed by atoms with van der Waals surface area (Å²) in [6.07, 6.45) is 7.49. The number of nitrogens with one attached hydrogen (secondary N) is 2. The molecule has 0 atom stereocenters. The molecule has 2 heterocycles. The van der Waals surface area contributed by atoms with E-state index in [2.05, 4.69) is 25.5 Å². The quantitative estimate of drug-likeness (QED) is 0.415. The van der Waals surface area contributed by atoms with E-state index in [0.717, 1.165) is 24.6 Å². The van der Waals surface area contributed by atoms with E-state index < -0.39 is 0 Å². The van der Waals surface area contributed by atoms with Crippen molar-refractivity contribution in [1.29, 1.82) is 0 Å². The molecule has 2 N–H and O–H groups in total. The van der Waals surface area contributed by atoms with E-state index in [-0.39, 0.29) is 29.9 Å². The topological polar surface area (TPSA) is 69.6 Å². The van der Waals surface area contributed by atoms with Crippen LogP contribution >= 0.6 is 24.0 Å². The third-order valence-corrected chi connectivity index (χ3v) is 5.18. The molecule has 1 aliphatic carbocycles. The summed E-state index contributed by atoms with van der Waals surface area (Å²) in [7, 11) is 1.81. The van der Waals surface area contributed by atoms with Gasteiger partial charge in [-0.1, -0.05) is 12.5 Å². The number of anilines is 1. The van der Waals surface area contributed by atoms with Gasteiger partial charge in [-0.15, -0.1) is 24.0 Å². The maximum atomic E-state index is 12.0. The molecule has 3 rings (SSSR count). The Balaban J connectivity index is 0.00000225. The molecule has 0 radical (unpaired) electrons. The molecule has 1 spiro atoms. The largest absolute Gasteiger partial charge is 0.356 e. The predicted octanol–water partition coefficient (Wildman–Crippen LogP) is 2.79. The van der Waals surface area contributed by atoms with Crippen LogP contribution < -0.4 is 10.6 Å². The lowest BCUT2D eigenvalue weighted by Crippen LogP contribution is -2.43. The van der Waals surface area contributed by atoms with Gasteiger partial charge in [-0.2, -0.15) is 0 Å². The second-order valence-corrected chi connectivity index (χ2v) is 7.02. The number of carbonyl (C=O) groups excluding carboxylic acids is 1. The highest BCUT2D eigenvalue weighted by molar-refractivity contribution is 14.0. The minimum atomic E-state index is -0.0359. The number of amides is 1. The Labute approximate surface area is 166 Å². The third kappa shape index (κ3) is 5.05. The van der Waals surface area contributed by atoms with E-state index in [1.54, 1.807) is 6.20 Å². The maximum absolute atomic E-state index is 12.0. The van der Waals surface area contributed by atoms with E-state index >= 15 is 0 Å². The van der Waals surface area contributed by atoms with Crippen LogP contribution in [0.4, 0.5) is 5.82 Å². The molecule has 6 nitrogen and oxygen atoms in total. The average Bonchev–Trinajstić information content (AvgIpc) is 2.99. The number of hydrogen-bond donors (Lipinski definition) is 2. The lowest BCUT2D eigenvalue weighted by molar-refractivity contribution is -0.116. The molecule has 25 heavy (non-hydrogen) atoms. The minimum Gasteiger partial charge on any atom is -0.356 e. The summed E-state index contributed by atoms with van der Waals surface area (Å²) >= 11 is 0. The first-order valence-electron chi connectivity index (χ1n) is 8.78. The number of carbonyl (C=O) groups is 1. The van der Waals surface area contributed by atoms with E-state index in [4.69, 9.17) is 0 Å². The summed E-state index contributed by atoms with van der Waals surface area (Å²) in [5.74, 6) is 1.48. The maximum Gasteiger partial charge on any atom is 0.227 e. The molecular weight excluding hydrogens is 429 g/mol. The molecule has 1 amide bonds. The van der Waals surface area contributed by atoms with Gasteiger partial charge in [-0.05, 0) is 43.2 Å². The highest BCUT2D eigenvalue weighted by Crippen LogP contribution is 2.47. The van der Waals surface area contributed by atoms with E-state index in [1.807, 2.05) is 26.1 Å². The van der Waals surface area contributed by atoms with Crippen molar-refractivity contribution in [3.8, 4) is 0 Å². The van der Waals surface area contributed by atoms with Crippen molar-refractivity contribution < 1.29 is 4.79 Å². The van der Waals surface area contributed by atoms with Gasteiger partial charge in [0.1, 0.15) is 5.82 Å². The van der Waals surface area contributed by atoms with Crippen LogP contribution in [0.15, 0.2) is 23.3 Å². The van der Waals surface area contributed by atoms with Crippen molar-refractivity contribution in [3.05, 3.63) is 23.9 Å². The monoisotopic (exact) mass is 457 g/mol. The second kappa shape index (κ2) is 8.82. The molecule has 0 bridgehead atoms. The van der Waals surface area contributed by atoms with Crippen LogP contribution in [0.3, 0.4) is 0 Å². The first-order valence-corrected chi connectivity index (χ1v) is 8.78. The number of pyridine rings is 1. The Morgan fingerprint density at radius 1 is 1.36 bits per heavy atom. The molecule has 1 aromatic heterocycles. The van der Waals surface area contributed by atoms with Crippen LogP contribution in [0.25, 0.3) is 0 Å². The SMILES string of the molecule is CN=C(NCCC(=O)Nc1ccc(C)cn1)N1CCC2(CCC2)C1.I. The number of halogens is 1. The first-order chi connectivity index (χ1) is 11.6. The zero-order valence-corrected chi connectivity index (χ0v) is 17.4. The average molecular weight is 457 g/mol. The minimum absolute atomic E-state index is 0. The Morgan fingerprint density at radius 3 is 2.72 bits per heavy atom. The molecular formula is C18H28IN5O. The summed E-state index contributed by atoms with van der Waals surface area (Å²) in [6, 6.07) is 3.76. The number of hydrogen-bond acceptors (Lipinski definition) is 3. The molecule has 1 aromatic rings. The number of rotatable bonds is 4. The molecule has 2 fully saturated rings. The van der Waals surface area contributed by atoms with Gasteiger partial charge in [-0.25, -0.2) is 4.98 Å². The van der Waals surface area contributed by atoms with Gasteiger partial charge in [0, 0.05) is 39.3 Å². The Morgan fingerprint density at radius 2 is 2.16 bits per heavy atom. The molecule has 7 heteroatoms. The fraction of sp³-hybridized carbons (Fsp3) is 0.611. The van der Waals surface area contributed by atoms with Gasteiger partial charge in [0.25, 0.3) is 0 Å². The Hall–Kier alpha value is -1.38. The predicted molar refractivity (Wildman–Crippen MR) is 111 cm³/mol. The van der Waals surface area contributed by atoms with Gasteiger partial charge >= 0.3 is 0 Å². The van der Waals surface area contributed by atoms with Crippen molar-refractivity contribution in [2.24, 2.45) is 10.4 Å². The highest BCUT2D eigenvalue weighted by atomic mass is 127. The smallest absolute Gasteiger partial charge is 0.227 e. The molecule has 138 valence electrons. The molecule has 1 aliphatic heterocycles. The van der Waals surface area contributed by atoms with E-state index in [1.165, 1.54) is 25.7 Å². The van der Waals surface area contributed by atoms with E-state index in [0.29, 0.717) is 24.2 Å². The molecule has 0 unspecified atom stereocenters. The van der Waals surface area contributed by atoms with Gasteiger partial charge in [0.2, 0.25) is 5.91 Å². The van der Waals surface area contributed by atoms with Crippen molar-refractivity contribution in [2.45, 2.75) is 39.0 Å². The molecule has 1 saturated heterocycles. The fourth-order valence-corrected chi connectivity index (χ4v) is 3.57. The number of aromatic nitrogens is 1. The van der Waals surface area contributed by atoms with Crippen LogP contribution in [0, 0.1) is 12.3 Å². The fourth-order valence-electron chi connectivity index (χ4n) is 3.57. The standard InChI is InChI=1S/C18H27N5O.HI/c1-14-4-5-15(21-12-14)22-16(24)6-10-20-17(19-2)23-11-9-18(13-23)7-3-8-18;/h4-5,12H,3,6-11,13H2,1-2H3,(H,19,20)(H,21,22,24);1H. The number of aryl methyl sites for hydroxylation is 1. The Bertz CT molecular complexity index is 612. The lowest BCUT2D eigenvalue weighted by Gasteiger charge is -2.38. The van der Waals surface area contributed by atoms with E-state index in [9.17, 15) is 4.79 Å². The Kier molecular flexibility index (Phi) is 7.04. The van der Waals surface area contributed by atoms with Crippen LogP contribution in [-0.2, 0) is 4.79 Å². The number of aliphatic imine (C=N–C) groups is 1. The van der Waals surface area contributed by atoms with Crippen LogP contribution in [0.5, 0.6) is 0 Å². The number of nitrogens with zero attached hydrogens (tertiary/aromatic N) is 3. The van der Waals surface area contributed by atoms with Gasteiger partial charge < -0.3 is 15.5 Å².